The Balaban J connectivity index is 2.14. The van der Waals surface area contributed by atoms with Gasteiger partial charge in [-0.3, -0.25) is 4.79 Å². The van der Waals surface area contributed by atoms with Gasteiger partial charge in [-0.05, 0) is 24.6 Å². The van der Waals surface area contributed by atoms with E-state index in [1.54, 1.807) is 19.1 Å². The monoisotopic (exact) mass is 281 g/mol. The highest BCUT2D eigenvalue weighted by Gasteiger charge is 2.27. The third-order valence-electron chi connectivity index (χ3n) is 3.22. The van der Waals surface area contributed by atoms with Crippen molar-refractivity contribution in [2.45, 2.75) is 13.0 Å². The first kappa shape index (κ1) is 14.3. The Kier molecular flexibility index (Phi) is 4.19. The SMILES string of the molecule is Cc1ccc(C(=O)N2CCOC(C(N)=NO)C2)cc1F. The van der Waals surface area contributed by atoms with Crippen molar-refractivity contribution >= 4 is 11.7 Å². The number of hydrogen-bond donors (Lipinski definition) is 2. The summed E-state index contributed by atoms with van der Waals surface area (Å²) in [6.07, 6.45) is -0.645. The lowest BCUT2D eigenvalue weighted by Gasteiger charge is -2.32. The molecule has 6 nitrogen and oxygen atoms in total. The maximum absolute atomic E-state index is 13.5. The Bertz CT molecular complexity index is 548. The molecule has 1 amide bonds. The summed E-state index contributed by atoms with van der Waals surface area (Å²) in [6, 6.07) is 4.35. The Hall–Kier alpha value is -2.15. The zero-order chi connectivity index (χ0) is 14.7. The van der Waals surface area contributed by atoms with Crippen molar-refractivity contribution in [3.05, 3.63) is 35.1 Å². The molecule has 20 heavy (non-hydrogen) atoms. The molecule has 1 heterocycles. The lowest BCUT2D eigenvalue weighted by Crippen LogP contribution is -2.50. The number of ether oxygens (including phenoxy) is 1. The molecule has 108 valence electrons. The number of carbonyl (C=O) groups is 1. The van der Waals surface area contributed by atoms with Crippen molar-refractivity contribution in [1.82, 2.24) is 4.90 Å². The molecule has 1 aliphatic heterocycles. The lowest BCUT2D eigenvalue weighted by molar-refractivity contribution is 0.00674. The molecule has 0 aliphatic carbocycles. The summed E-state index contributed by atoms with van der Waals surface area (Å²) in [6.45, 7) is 2.46. The van der Waals surface area contributed by atoms with Crippen LogP contribution in [0.5, 0.6) is 0 Å². The molecule has 2 rings (SSSR count). The van der Waals surface area contributed by atoms with Crippen LogP contribution in [0.3, 0.4) is 0 Å². The number of aryl methyl sites for hydroxylation is 1. The third kappa shape index (κ3) is 2.88. The van der Waals surface area contributed by atoms with Gasteiger partial charge in [0.1, 0.15) is 11.9 Å². The van der Waals surface area contributed by atoms with Gasteiger partial charge in [-0.15, -0.1) is 0 Å². The van der Waals surface area contributed by atoms with E-state index in [9.17, 15) is 9.18 Å². The first-order chi connectivity index (χ1) is 9.52. The highest BCUT2D eigenvalue weighted by Crippen LogP contribution is 2.14. The standard InChI is InChI=1S/C13H16FN3O3/c1-8-2-3-9(6-10(8)14)13(18)17-4-5-20-11(7-17)12(15)16-19/h2-3,6,11,19H,4-5,7H2,1H3,(H2,15,16). The fourth-order valence-electron chi connectivity index (χ4n) is 1.99. The number of halogens is 1. The molecular formula is C13H16FN3O3. The summed E-state index contributed by atoms with van der Waals surface area (Å²) in [4.78, 5) is 13.8. The van der Waals surface area contributed by atoms with Crippen molar-refractivity contribution in [3.63, 3.8) is 0 Å². The minimum Gasteiger partial charge on any atom is -0.409 e. The lowest BCUT2D eigenvalue weighted by atomic mass is 10.1. The second kappa shape index (κ2) is 5.87. The Morgan fingerprint density at radius 2 is 2.35 bits per heavy atom. The van der Waals surface area contributed by atoms with Crippen LogP contribution >= 0.6 is 0 Å². The molecule has 0 spiro atoms. The predicted molar refractivity (Wildman–Crippen MR) is 70.2 cm³/mol. The van der Waals surface area contributed by atoms with E-state index in [1.807, 2.05) is 0 Å². The highest BCUT2D eigenvalue weighted by atomic mass is 19.1. The molecule has 0 radical (unpaired) electrons. The minimum atomic E-state index is -0.645. The van der Waals surface area contributed by atoms with Crippen LogP contribution in [0, 0.1) is 12.7 Å². The molecular weight excluding hydrogens is 265 g/mol. The number of rotatable bonds is 2. The molecule has 1 saturated heterocycles. The zero-order valence-corrected chi connectivity index (χ0v) is 11.0. The molecule has 3 N–H and O–H groups in total. The number of amides is 1. The van der Waals surface area contributed by atoms with Gasteiger partial charge in [-0.2, -0.15) is 0 Å². The van der Waals surface area contributed by atoms with Gasteiger partial charge in [-0.1, -0.05) is 11.2 Å². The third-order valence-corrected chi connectivity index (χ3v) is 3.22. The van der Waals surface area contributed by atoms with Crippen molar-refractivity contribution in [1.29, 1.82) is 0 Å². The molecule has 1 unspecified atom stereocenters. The molecule has 7 heteroatoms. The fourth-order valence-corrected chi connectivity index (χ4v) is 1.99. The second-order valence-corrected chi connectivity index (χ2v) is 4.60. The molecule has 1 aromatic rings. The van der Waals surface area contributed by atoms with Gasteiger partial charge < -0.3 is 20.6 Å². The number of benzene rings is 1. The van der Waals surface area contributed by atoms with Crippen LogP contribution in [-0.4, -0.2) is 47.7 Å². The summed E-state index contributed by atoms with van der Waals surface area (Å²) in [5.74, 6) is -0.808. The first-order valence-electron chi connectivity index (χ1n) is 6.17. The number of nitrogens with two attached hydrogens (primary N) is 1. The summed E-state index contributed by atoms with van der Waals surface area (Å²) in [5, 5.41) is 11.5. The van der Waals surface area contributed by atoms with Gasteiger partial charge >= 0.3 is 0 Å². The Morgan fingerprint density at radius 1 is 1.60 bits per heavy atom. The van der Waals surface area contributed by atoms with Gasteiger partial charge in [0.25, 0.3) is 5.91 Å². The Morgan fingerprint density at radius 3 is 3.00 bits per heavy atom. The smallest absolute Gasteiger partial charge is 0.254 e. The average Bonchev–Trinajstić information content (AvgIpc) is 2.48. The van der Waals surface area contributed by atoms with Crippen molar-refractivity contribution in [2.24, 2.45) is 10.9 Å². The van der Waals surface area contributed by atoms with E-state index >= 15 is 0 Å². The maximum atomic E-state index is 13.5. The molecule has 1 fully saturated rings. The number of hydrogen-bond acceptors (Lipinski definition) is 4. The normalized spacial score (nSPS) is 20.0. The van der Waals surface area contributed by atoms with Gasteiger partial charge in [-0.25, -0.2) is 4.39 Å². The van der Waals surface area contributed by atoms with Crippen LogP contribution in [0.15, 0.2) is 23.4 Å². The fraction of sp³-hybridized carbons (Fsp3) is 0.385. The Labute approximate surface area is 115 Å². The summed E-state index contributed by atoms with van der Waals surface area (Å²) in [5.41, 5.74) is 6.23. The van der Waals surface area contributed by atoms with Crippen LogP contribution < -0.4 is 5.73 Å². The van der Waals surface area contributed by atoms with E-state index in [-0.39, 0.29) is 30.5 Å². The quantitative estimate of drug-likeness (QED) is 0.362. The van der Waals surface area contributed by atoms with E-state index in [0.717, 1.165) is 0 Å². The topological polar surface area (TPSA) is 88.2 Å². The summed E-state index contributed by atoms with van der Waals surface area (Å²) < 4.78 is 18.8. The van der Waals surface area contributed by atoms with Crippen molar-refractivity contribution in [2.75, 3.05) is 19.7 Å². The van der Waals surface area contributed by atoms with E-state index in [1.165, 1.54) is 11.0 Å². The average molecular weight is 281 g/mol. The number of carbonyl (C=O) groups excluding carboxylic acids is 1. The van der Waals surface area contributed by atoms with Crippen LogP contribution in [0.4, 0.5) is 4.39 Å². The van der Waals surface area contributed by atoms with E-state index in [4.69, 9.17) is 15.7 Å². The second-order valence-electron chi connectivity index (χ2n) is 4.60. The molecule has 1 aromatic carbocycles. The van der Waals surface area contributed by atoms with Crippen LogP contribution in [0.1, 0.15) is 15.9 Å². The number of morpholine rings is 1. The van der Waals surface area contributed by atoms with Crippen LogP contribution in [0.2, 0.25) is 0 Å². The largest absolute Gasteiger partial charge is 0.409 e. The summed E-state index contributed by atoms with van der Waals surface area (Å²) in [7, 11) is 0. The van der Waals surface area contributed by atoms with Gasteiger partial charge in [0, 0.05) is 12.1 Å². The highest BCUT2D eigenvalue weighted by molar-refractivity contribution is 5.95. The van der Waals surface area contributed by atoms with Crippen LogP contribution in [0.25, 0.3) is 0 Å². The summed E-state index contributed by atoms with van der Waals surface area (Å²) >= 11 is 0. The number of oxime groups is 1. The van der Waals surface area contributed by atoms with Gasteiger partial charge in [0.15, 0.2) is 5.84 Å². The number of amidine groups is 1. The van der Waals surface area contributed by atoms with Crippen LogP contribution in [-0.2, 0) is 4.74 Å². The number of nitrogens with zero attached hydrogens (tertiary/aromatic N) is 2. The van der Waals surface area contributed by atoms with Crippen molar-refractivity contribution < 1.29 is 19.1 Å². The van der Waals surface area contributed by atoms with Crippen molar-refractivity contribution in [3.8, 4) is 0 Å². The zero-order valence-electron chi connectivity index (χ0n) is 11.0. The molecule has 0 aromatic heterocycles. The van der Waals surface area contributed by atoms with Gasteiger partial charge in [0.05, 0.1) is 13.2 Å². The first-order valence-corrected chi connectivity index (χ1v) is 6.17. The maximum Gasteiger partial charge on any atom is 0.254 e. The van der Waals surface area contributed by atoms with Gasteiger partial charge in [0.2, 0.25) is 0 Å². The predicted octanol–water partition coefficient (Wildman–Crippen LogP) is 0.722. The molecule has 1 aliphatic rings. The van der Waals surface area contributed by atoms with E-state index < -0.39 is 11.9 Å². The molecule has 0 bridgehead atoms. The molecule has 0 saturated carbocycles. The minimum absolute atomic E-state index is 0.0856. The van der Waals surface area contributed by atoms with E-state index in [0.29, 0.717) is 12.1 Å². The van der Waals surface area contributed by atoms with E-state index in [2.05, 4.69) is 5.16 Å². The molecule has 1 atom stereocenters.